The van der Waals surface area contributed by atoms with Crippen molar-refractivity contribution in [3.63, 3.8) is 0 Å². The first-order chi connectivity index (χ1) is 14.1. The van der Waals surface area contributed by atoms with E-state index in [2.05, 4.69) is 15.0 Å². The Morgan fingerprint density at radius 3 is 2.76 bits per heavy atom. The molecule has 3 aromatic rings. The highest BCUT2D eigenvalue weighted by Gasteiger charge is 2.35. The van der Waals surface area contributed by atoms with Crippen LogP contribution < -0.4 is 4.74 Å². The minimum absolute atomic E-state index is 0.0420. The second kappa shape index (κ2) is 8.07. The van der Waals surface area contributed by atoms with Gasteiger partial charge in [-0.1, -0.05) is 12.1 Å². The normalized spacial score (nSPS) is 21.5. The fourth-order valence-corrected chi connectivity index (χ4v) is 3.25. The number of imidazole rings is 1. The van der Waals surface area contributed by atoms with Crippen LogP contribution in [0.1, 0.15) is 18.2 Å². The Morgan fingerprint density at radius 1 is 1.28 bits per heavy atom. The van der Waals surface area contributed by atoms with Crippen LogP contribution in [-0.4, -0.2) is 60.1 Å². The summed E-state index contributed by atoms with van der Waals surface area (Å²) in [5.74, 6) is 0.313. The molecule has 0 radical (unpaired) electrons. The fourth-order valence-electron chi connectivity index (χ4n) is 3.25. The number of non-ortho nitro benzene ring substituents is 1. The van der Waals surface area contributed by atoms with E-state index in [1.165, 1.54) is 18.5 Å². The van der Waals surface area contributed by atoms with E-state index in [0.717, 1.165) is 5.56 Å². The van der Waals surface area contributed by atoms with Gasteiger partial charge in [0.25, 0.3) is 5.69 Å². The number of nitrogens with zero attached hydrogens (tertiary/aromatic N) is 5. The van der Waals surface area contributed by atoms with Crippen LogP contribution in [0.15, 0.2) is 36.9 Å². The molecule has 152 valence electrons. The Labute approximate surface area is 164 Å². The van der Waals surface area contributed by atoms with Gasteiger partial charge in [0.05, 0.1) is 30.6 Å². The van der Waals surface area contributed by atoms with Gasteiger partial charge in [0.1, 0.15) is 18.7 Å². The molecule has 1 saturated heterocycles. The van der Waals surface area contributed by atoms with Crippen molar-refractivity contribution in [2.45, 2.75) is 31.3 Å². The summed E-state index contributed by atoms with van der Waals surface area (Å²) in [6, 6.07) is 6.28. The molecule has 11 heteroatoms. The number of aliphatic hydroxyl groups excluding tert-OH is 2. The summed E-state index contributed by atoms with van der Waals surface area (Å²) in [4.78, 5) is 22.9. The van der Waals surface area contributed by atoms with Crippen LogP contribution >= 0.6 is 0 Å². The molecule has 4 rings (SSSR count). The summed E-state index contributed by atoms with van der Waals surface area (Å²) < 4.78 is 13.1. The first-order valence-electron chi connectivity index (χ1n) is 9.05. The summed E-state index contributed by atoms with van der Waals surface area (Å²) in [5.41, 5.74) is 1.90. The lowest BCUT2D eigenvalue weighted by atomic mass is 10.1. The van der Waals surface area contributed by atoms with Crippen LogP contribution in [0.25, 0.3) is 11.2 Å². The van der Waals surface area contributed by atoms with Gasteiger partial charge in [-0.25, -0.2) is 9.97 Å². The number of hydrogen-bond donors (Lipinski definition) is 2. The molecule has 0 aliphatic carbocycles. The zero-order valence-corrected chi connectivity index (χ0v) is 15.3. The van der Waals surface area contributed by atoms with Crippen molar-refractivity contribution in [2.24, 2.45) is 0 Å². The number of hydrogen-bond acceptors (Lipinski definition) is 9. The van der Waals surface area contributed by atoms with Gasteiger partial charge in [0, 0.05) is 25.0 Å². The number of aromatic nitrogens is 4. The Morgan fingerprint density at radius 2 is 2.07 bits per heavy atom. The summed E-state index contributed by atoms with van der Waals surface area (Å²) in [7, 11) is 0. The largest absolute Gasteiger partial charge is 0.476 e. The highest BCUT2D eigenvalue weighted by Crippen LogP contribution is 2.31. The molecule has 1 fully saturated rings. The highest BCUT2D eigenvalue weighted by molar-refractivity contribution is 5.76. The smallest absolute Gasteiger partial charge is 0.269 e. The topological polar surface area (TPSA) is 146 Å². The molecular formula is C18H19N5O6. The molecule has 1 aromatic carbocycles. The van der Waals surface area contributed by atoms with Crippen molar-refractivity contribution in [2.75, 3.05) is 13.2 Å². The number of fused-ring (bicyclic) bond motifs is 1. The van der Waals surface area contributed by atoms with E-state index in [1.54, 1.807) is 23.0 Å². The van der Waals surface area contributed by atoms with Crippen LogP contribution in [0.4, 0.5) is 5.69 Å². The number of benzene rings is 1. The first-order valence-corrected chi connectivity index (χ1v) is 9.05. The summed E-state index contributed by atoms with van der Waals surface area (Å²) in [6.45, 7) is 0.0400. The van der Waals surface area contributed by atoms with Crippen LogP contribution in [0.3, 0.4) is 0 Å². The average molecular weight is 401 g/mol. The Balaban J connectivity index is 1.45. The van der Waals surface area contributed by atoms with Crippen molar-refractivity contribution in [3.05, 3.63) is 52.6 Å². The third-order valence-electron chi connectivity index (χ3n) is 4.80. The van der Waals surface area contributed by atoms with Crippen LogP contribution in [0, 0.1) is 10.1 Å². The minimum Gasteiger partial charge on any atom is -0.476 e. The lowest BCUT2D eigenvalue weighted by molar-refractivity contribution is -0.384. The van der Waals surface area contributed by atoms with Crippen LogP contribution in [0.5, 0.6) is 5.88 Å². The van der Waals surface area contributed by atoms with Gasteiger partial charge >= 0.3 is 0 Å². The van der Waals surface area contributed by atoms with Crippen molar-refractivity contribution in [1.82, 2.24) is 19.5 Å². The van der Waals surface area contributed by atoms with E-state index < -0.39 is 23.4 Å². The molecule has 2 aromatic heterocycles. The SMILES string of the molecule is O=[N+]([O-])c1ccc(CCOc2ncnc3c2ncn3[C@H]2C[C@H](O)[C@@H](CO)O2)cc1. The summed E-state index contributed by atoms with van der Waals surface area (Å²) in [5, 5.41) is 29.9. The molecule has 0 unspecified atom stereocenters. The van der Waals surface area contributed by atoms with Crippen molar-refractivity contribution in [1.29, 1.82) is 0 Å². The quantitative estimate of drug-likeness (QED) is 0.437. The molecule has 1 aliphatic heterocycles. The minimum atomic E-state index is -0.762. The van der Waals surface area contributed by atoms with Gasteiger partial charge in [-0.2, -0.15) is 4.98 Å². The second-order valence-corrected chi connectivity index (χ2v) is 6.64. The van der Waals surface area contributed by atoms with Crippen LogP contribution in [-0.2, 0) is 11.2 Å². The lowest BCUT2D eigenvalue weighted by Gasteiger charge is -2.13. The van der Waals surface area contributed by atoms with Gasteiger partial charge in [0.2, 0.25) is 5.88 Å². The van der Waals surface area contributed by atoms with E-state index >= 15 is 0 Å². The van der Waals surface area contributed by atoms with E-state index in [-0.39, 0.29) is 12.3 Å². The van der Waals surface area contributed by atoms with Crippen molar-refractivity contribution >= 4 is 16.9 Å². The van der Waals surface area contributed by atoms with Crippen LogP contribution in [0.2, 0.25) is 0 Å². The molecule has 3 heterocycles. The molecular weight excluding hydrogens is 382 g/mol. The van der Waals surface area contributed by atoms with E-state index in [0.29, 0.717) is 36.5 Å². The Bertz CT molecular complexity index is 1010. The zero-order valence-electron chi connectivity index (χ0n) is 15.3. The van der Waals surface area contributed by atoms with E-state index in [1.807, 2.05) is 0 Å². The molecule has 1 aliphatic rings. The molecule has 3 atom stereocenters. The maximum Gasteiger partial charge on any atom is 0.269 e. The van der Waals surface area contributed by atoms with Gasteiger partial charge < -0.3 is 19.7 Å². The van der Waals surface area contributed by atoms with Gasteiger partial charge in [0.15, 0.2) is 11.2 Å². The molecule has 0 amide bonds. The average Bonchev–Trinajstić information content (AvgIpc) is 3.32. The predicted octanol–water partition coefficient (Wildman–Crippen LogP) is 0.997. The van der Waals surface area contributed by atoms with Crippen molar-refractivity contribution in [3.8, 4) is 5.88 Å². The van der Waals surface area contributed by atoms with Crippen molar-refractivity contribution < 1.29 is 24.6 Å². The molecule has 0 spiro atoms. The fraction of sp³-hybridized carbons (Fsp3) is 0.389. The maximum absolute atomic E-state index is 10.7. The Kier molecular flexibility index (Phi) is 5.34. The maximum atomic E-state index is 10.7. The molecule has 0 saturated carbocycles. The molecule has 0 bridgehead atoms. The van der Waals surface area contributed by atoms with E-state index in [9.17, 15) is 20.3 Å². The summed E-state index contributed by atoms with van der Waals surface area (Å²) in [6.07, 6.45) is 1.86. The summed E-state index contributed by atoms with van der Waals surface area (Å²) >= 11 is 0. The van der Waals surface area contributed by atoms with Gasteiger partial charge in [-0.15, -0.1) is 0 Å². The predicted molar refractivity (Wildman–Crippen MR) is 99.2 cm³/mol. The number of aliphatic hydroxyl groups is 2. The van der Waals surface area contributed by atoms with E-state index in [4.69, 9.17) is 9.47 Å². The van der Waals surface area contributed by atoms with Gasteiger partial charge in [-0.05, 0) is 5.56 Å². The number of nitro benzene ring substituents is 1. The van der Waals surface area contributed by atoms with Gasteiger partial charge in [-0.3, -0.25) is 14.7 Å². The second-order valence-electron chi connectivity index (χ2n) is 6.64. The first kappa shape index (κ1) is 19.2. The molecule has 11 nitrogen and oxygen atoms in total. The lowest BCUT2D eigenvalue weighted by Crippen LogP contribution is -2.24. The number of ether oxygens (including phenoxy) is 2. The number of rotatable bonds is 7. The zero-order chi connectivity index (χ0) is 20.4. The standard InChI is InChI=1S/C18H19N5O6/c24-8-14-13(25)7-15(29-14)22-10-21-16-17(22)19-9-20-18(16)28-6-5-11-1-3-12(4-2-11)23(26)27/h1-4,9-10,13-15,24-25H,5-8H2/t13-,14+,15+/m0/s1. The molecule has 29 heavy (non-hydrogen) atoms. The highest BCUT2D eigenvalue weighted by atomic mass is 16.6. The third kappa shape index (κ3) is 3.88. The Hall–Kier alpha value is -3.15. The monoisotopic (exact) mass is 401 g/mol. The molecule has 2 N–H and O–H groups in total. The number of nitro groups is 1. The third-order valence-corrected chi connectivity index (χ3v) is 4.80.